The van der Waals surface area contributed by atoms with Crippen LogP contribution in [0.15, 0.2) is 28.6 Å². The van der Waals surface area contributed by atoms with Gasteiger partial charge in [0.25, 0.3) is 0 Å². The number of nitrogens with one attached hydrogen (secondary N) is 2. The highest BCUT2D eigenvalue weighted by Gasteiger charge is 2.08. The second-order valence-electron chi connectivity index (χ2n) is 4.38. The number of hydrogen-bond acceptors (Lipinski definition) is 6. The Balaban J connectivity index is 1.68. The van der Waals surface area contributed by atoms with Gasteiger partial charge in [-0.25, -0.2) is 4.39 Å². The average Bonchev–Trinajstić information content (AvgIpc) is 2.95. The zero-order chi connectivity index (χ0) is 15.8. The zero-order valence-corrected chi connectivity index (χ0v) is 13.8. The Kier molecular flexibility index (Phi) is 6.60. The molecule has 2 aromatic rings. The Morgan fingerprint density at radius 1 is 1.36 bits per heavy atom. The largest absolute Gasteiger partial charge is 0.360 e. The van der Waals surface area contributed by atoms with E-state index in [0.29, 0.717) is 18.5 Å². The van der Waals surface area contributed by atoms with E-state index in [0.717, 1.165) is 16.0 Å². The van der Waals surface area contributed by atoms with E-state index in [-0.39, 0.29) is 17.5 Å². The van der Waals surface area contributed by atoms with Crippen LogP contribution in [0.2, 0.25) is 0 Å². The molecule has 1 heterocycles. The third kappa shape index (κ3) is 5.27. The van der Waals surface area contributed by atoms with Gasteiger partial charge in [0.1, 0.15) is 5.82 Å². The molecule has 22 heavy (non-hydrogen) atoms. The lowest BCUT2D eigenvalue weighted by Gasteiger charge is -2.05. The Labute approximate surface area is 136 Å². The van der Waals surface area contributed by atoms with E-state index in [2.05, 4.69) is 20.8 Å². The molecule has 0 saturated carbocycles. The number of rotatable bonds is 8. The Hall–Kier alpha value is -1.67. The van der Waals surface area contributed by atoms with E-state index in [1.807, 2.05) is 6.92 Å². The topological polar surface area (TPSA) is 66.9 Å². The van der Waals surface area contributed by atoms with Crippen molar-refractivity contribution in [3.05, 3.63) is 35.6 Å². The summed E-state index contributed by atoms with van der Waals surface area (Å²) in [5.41, 5.74) is 0.606. The van der Waals surface area contributed by atoms with Gasteiger partial charge in [-0.05, 0) is 25.0 Å². The zero-order valence-electron chi connectivity index (χ0n) is 12.1. The van der Waals surface area contributed by atoms with Gasteiger partial charge in [0.2, 0.25) is 11.0 Å². The van der Waals surface area contributed by atoms with Crippen molar-refractivity contribution < 1.29 is 9.18 Å². The van der Waals surface area contributed by atoms with Crippen LogP contribution in [0.3, 0.4) is 0 Å². The molecule has 2 rings (SSSR count). The number of anilines is 1. The second kappa shape index (κ2) is 8.70. The van der Waals surface area contributed by atoms with Gasteiger partial charge in [-0.1, -0.05) is 41.3 Å². The fraction of sp³-hybridized carbons (Fsp3) is 0.357. The molecule has 0 atom stereocenters. The summed E-state index contributed by atoms with van der Waals surface area (Å²) in [7, 11) is 0. The van der Waals surface area contributed by atoms with Gasteiger partial charge >= 0.3 is 0 Å². The fourth-order valence-electron chi connectivity index (χ4n) is 1.71. The number of carbonyl (C=O) groups excluding carboxylic acids is 1. The van der Waals surface area contributed by atoms with Crippen molar-refractivity contribution in [2.75, 3.05) is 24.2 Å². The van der Waals surface area contributed by atoms with E-state index in [9.17, 15) is 9.18 Å². The molecule has 1 aromatic heterocycles. The number of thioether (sulfide) groups is 1. The Morgan fingerprint density at radius 3 is 2.95 bits per heavy atom. The highest BCUT2D eigenvalue weighted by molar-refractivity contribution is 8.01. The van der Waals surface area contributed by atoms with E-state index >= 15 is 0 Å². The molecule has 0 aliphatic heterocycles. The van der Waals surface area contributed by atoms with Crippen LogP contribution in [0, 0.1) is 5.82 Å². The first-order valence-electron chi connectivity index (χ1n) is 6.89. The van der Waals surface area contributed by atoms with Crippen LogP contribution in [-0.2, 0) is 11.2 Å². The molecule has 0 radical (unpaired) electrons. The lowest BCUT2D eigenvalue weighted by Crippen LogP contribution is -2.27. The minimum atomic E-state index is -0.240. The van der Waals surface area contributed by atoms with Crippen molar-refractivity contribution >= 4 is 34.1 Å². The number of aromatic nitrogens is 2. The molecule has 1 aromatic carbocycles. The summed E-state index contributed by atoms with van der Waals surface area (Å²) in [5, 5.41) is 14.5. The first-order chi connectivity index (χ1) is 10.7. The van der Waals surface area contributed by atoms with E-state index in [4.69, 9.17) is 0 Å². The molecule has 0 fully saturated rings. The van der Waals surface area contributed by atoms with Gasteiger partial charge in [-0.15, -0.1) is 10.2 Å². The molecule has 5 nitrogen and oxygen atoms in total. The molecule has 0 bridgehead atoms. The summed E-state index contributed by atoms with van der Waals surface area (Å²) in [5.74, 6) is -0.0598. The number of amides is 1. The van der Waals surface area contributed by atoms with Crippen molar-refractivity contribution in [3.8, 4) is 0 Å². The highest BCUT2D eigenvalue weighted by Crippen LogP contribution is 2.24. The Morgan fingerprint density at radius 2 is 2.18 bits per heavy atom. The number of nitrogens with zero attached hydrogens (tertiary/aromatic N) is 2. The van der Waals surface area contributed by atoms with Crippen LogP contribution in [0.5, 0.6) is 0 Å². The fourth-order valence-corrected chi connectivity index (χ4v) is 3.36. The number of benzene rings is 1. The maximum absolute atomic E-state index is 13.4. The maximum atomic E-state index is 13.4. The van der Waals surface area contributed by atoms with Gasteiger partial charge < -0.3 is 10.6 Å². The van der Waals surface area contributed by atoms with Gasteiger partial charge in [-0.2, -0.15) is 0 Å². The summed E-state index contributed by atoms with van der Waals surface area (Å²) in [4.78, 5) is 11.7. The van der Waals surface area contributed by atoms with Crippen molar-refractivity contribution in [2.45, 2.75) is 17.7 Å². The summed E-state index contributed by atoms with van der Waals surface area (Å²) >= 11 is 2.77. The predicted octanol–water partition coefficient (Wildman–Crippen LogP) is 2.56. The van der Waals surface area contributed by atoms with Crippen molar-refractivity contribution in [3.63, 3.8) is 0 Å². The first kappa shape index (κ1) is 16.7. The van der Waals surface area contributed by atoms with Crippen molar-refractivity contribution in [2.24, 2.45) is 0 Å². The molecule has 2 N–H and O–H groups in total. The molecule has 1 amide bonds. The molecule has 0 aliphatic carbocycles. The number of carbonyl (C=O) groups is 1. The quantitative estimate of drug-likeness (QED) is 0.723. The molecule has 0 aliphatic rings. The minimum absolute atomic E-state index is 0.0958. The van der Waals surface area contributed by atoms with Gasteiger partial charge in [0.15, 0.2) is 4.34 Å². The molecule has 0 saturated heterocycles. The van der Waals surface area contributed by atoms with E-state index < -0.39 is 0 Å². The SMILES string of the molecule is CCNc1nnc(SCC(=O)NCCc2ccccc2F)s1. The van der Waals surface area contributed by atoms with Crippen LogP contribution in [-0.4, -0.2) is 34.9 Å². The molecular formula is C14H17FN4OS2. The third-order valence-corrected chi connectivity index (χ3v) is 4.75. The molecular weight excluding hydrogens is 323 g/mol. The monoisotopic (exact) mass is 340 g/mol. The van der Waals surface area contributed by atoms with Crippen molar-refractivity contribution in [1.82, 2.24) is 15.5 Å². The van der Waals surface area contributed by atoms with Crippen LogP contribution in [0.4, 0.5) is 9.52 Å². The standard InChI is InChI=1S/C14H17FN4OS2/c1-2-16-13-18-19-14(22-13)21-9-12(20)17-8-7-10-5-3-4-6-11(10)15/h3-6H,2,7-9H2,1H3,(H,16,18)(H,17,20). The summed E-state index contributed by atoms with van der Waals surface area (Å²) in [6.45, 7) is 3.19. The summed E-state index contributed by atoms with van der Waals surface area (Å²) < 4.78 is 14.2. The molecule has 118 valence electrons. The second-order valence-corrected chi connectivity index (χ2v) is 6.58. The smallest absolute Gasteiger partial charge is 0.230 e. The lowest BCUT2D eigenvalue weighted by atomic mass is 10.1. The normalized spacial score (nSPS) is 10.5. The predicted molar refractivity (Wildman–Crippen MR) is 87.9 cm³/mol. The first-order valence-corrected chi connectivity index (χ1v) is 8.69. The minimum Gasteiger partial charge on any atom is -0.360 e. The van der Waals surface area contributed by atoms with Gasteiger partial charge in [0.05, 0.1) is 5.75 Å². The Bertz CT molecular complexity index is 620. The maximum Gasteiger partial charge on any atom is 0.230 e. The van der Waals surface area contributed by atoms with E-state index in [1.54, 1.807) is 18.2 Å². The number of hydrogen-bond donors (Lipinski definition) is 2. The average molecular weight is 340 g/mol. The highest BCUT2D eigenvalue weighted by atomic mass is 32.2. The van der Waals surface area contributed by atoms with Crippen molar-refractivity contribution in [1.29, 1.82) is 0 Å². The van der Waals surface area contributed by atoms with Crippen LogP contribution in [0.1, 0.15) is 12.5 Å². The number of halogens is 1. The third-order valence-electron chi connectivity index (χ3n) is 2.74. The van der Waals surface area contributed by atoms with Crippen LogP contribution < -0.4 is 10.6 Å². The summed E-state index contributed by atoms with van der Waals surface area (Å²) in [6.07, 6.45) is 0.479. The van der Waals surface area contributed by atoms with Gasteiger partial charge in [-0.3, -0.25) is 4.79 Å². The van der Waals surface area contributed by atoms with Gasteiger partial charge in [0, 0.05) is 13.1 Å². The molecule has 0 spiro atoms. The van der Waals surface area contributed by atoms with Crippen LogP contribution >= 0.6 is 23.1 Å². The molecule has 8 heteroatoms. The van der Waals surface area contributed by atoms with E-state index in [1.165, 1.54) is 29.2 Å². The lowest BCUT2D eigenvalue weighted by molar-refractivity contribution is -0.118. The molecule has 0 unspecified atom stereocenters. The van der Waals surface area contributed by atoms with Crippen LogP contribution in [0.25, 0.3) is 0 Å². The summed E-state index contributed by atoms with van der Waals surface area (Å²) in [6, 6.07) is 6.58.